The molecule has 26 heavy (non-hydrogen) atoms. The number of ether oxygens (including phenoxy) is 1. The summed E-state index contributed by atoms with van der Waals surface area (Å²) in [5.74, 6) is 0.611. The molecule has 0 heterocycles. The molecule has 0 N–H and O–H groups in total. The van der Waals surface area contributed by atoms with Crippen LogP contribution < -0.4 is 4.74 Å². The van der Waals surface area contributed by atoms with Gasteiger partial charge < -0.3 is 4.74 Å². The lowest BCUT2D eigenvalue weighted by atomic mass is 9.82. The lowest BCUT2D eigenvalue weighted by molar-refractivity contribution is 0.0976. The van der Waals surface area contributed by atoms with E-state index in [-0.39, 0.29) is 11.6 Å². The fourth-order valence-corrected chi connectivity index (χ4v) is 4.17. The molecule has 0 saturated heterocycles. The van der Waals surface area contributed by atoms with Crippen LogP contribution in [0.3, 0.4) is 0 Å². The second-order valence-electron chi connectivity index (χ2n) is 6.11. The Hall–Kier alpha value is -2.85. The molecule has 1 aliphatic rings. The zero-order valence-electron chi connectivity index (χ0n) is 14.4. The van der Waals surface area contributed by atoms with Gasteiger partial charge in [0.05, 0.1) is 7.11 Å². The van der Waals surface area contributed by atoms with Gasteiger partial charge in [0, 0.05) is 32.0 Å². The number of ketones is 2. The van der Waals surface area contributed by atoms with E-state index >= 15 is 0 Å². The smallest absolute Gasteiger partial charge is 0.195 e. The normalized spacial score (nSPS) is 12.5. The second kappa shape index (κ2) is 6.46. The molecule has 3 aromatic rings. The highest BCUT2D eigenvalue weighted by molar-refractivity contribution is 7.99. The molecule has 0 unspecified atom stereocenters. The number of carbonyl (C=O) groups is 2. The van der Waals surface area contributed by atoms with Gasteiger partial charge >= 0.3 is 0 Å². The molecule has 0 atom stereocenters. The van der Waals surface area contributed by atoms with Gasteiger partial charge in [-0.25, -0.2) is 0 Å². The Morgan fingerprint density at radius 1 is 0.769 bits per heavy atom. The average molecular weight is 360 g/mol. The van der Waals surface area contributed by atoms with Crippen molar-refractivity contribution in [2.24, 2.45) is 0 Å². The van der Waals surface area contributed by atoms with Crippen molar-refractivity contribution in [3.05, 3.63) is 88.5 Å². The predicted molar refractivity (Wildman–Crippen MR) is 102 cm³/mol. The number of hydrogen-bond donors (Lipinski definition) is 0. The minimum atomic E-state index is -0.0880. The van der Waals surface area contributed by atoms with E-state index in [0.29, 0.717) is 22.3 Å². The molecule has 0 amide bonds. The summed E-state index contributed by atoms with van der Waals surface area (Å²) in [6.07, 6.45) is 0. The molecule has 1 aliphatic carbocycles. The quantitative estimate of drug-likeness (QED) is 0.519. The Bertz CT molecular complexity index is 1040. The average Bonchev–Trinajstić information content (AvgIpc) is 2.68. The third-order valence-corrected chi connectivity index (χ3v) is 5.60. The summed E-state index contributed by atoms with van der Waals surface area (Å²) in [5.41, 5.74) is 2.82. The van der Waals surface area contributed by atoms with Gasteiger partial charge in [-0.2, -0.15) is 0 Å². The van der Waals surface area contributed by atoms with Gasteiger partial charge in [-0.15, -0.1) is 0 Å². The van der Waals surface area contributed by atoms with Gasteiger partial charge in [0.2, 0.25) is 0 Å². The fourth-order valence-electron chi connectivity index (χ4n) is 3.21. The first-order valence-corrected chi connectivity index (χ1v) is 9.05. The van der Waals surface area contributed by atoms with Crippen molar-refractivity contribution in [3.8, 4) is 5.75 Å². The number of fused-ring (bicyclic) bond motifs is 2. The van der Waals surface area contributed by atoms with Crippen LogP contribution in [0.4, 0.5) is 0 Å². The monoisotopic (exact) mass is 360 g/mol. The molecule has 3 aromatic carbocycles. The molecule has 0 spiro atoms. The van der Waals surface area contributed by atoms with Crippen LogP contribution in [0.2, 0.25) is 0 Å². The van der Waals surface area contributed by atoms with Crippen LogP contribution in [-0.4, -0.2) is 18.7 Å². The van der Waals surface area contributed by atoms with E-state index in [4.69, 9.17) is 4.74 Å². The SMILES string of the molecule is COc1ccc(Sc2ccc(C)c3c2C(=O)c2ccccc2C3=O)cc1. The van der Waals surface area contributed by atoms with E-state index in [1.54, 1.807) is 31.4 Å². The van der Waals surface area contributed by atoms with Crippen molar-refractivity contribution in [1.29, 1.82) is 0 Å². The largest absolute Gasteiger partial charge is 0.497 e. The molecule has 3 nitrogen and oxygen atoms in total. The molecule has 128 valence electrons. The summed E-state index contributed by atoms with van der Waals surface area (Å²) < 4.78 is 5.19. The lowest BCUT2D eigenvalue weighted by Crippen LogP contribution is -2.22. The minimum Gasteiger partial charge on any atom is -0.497 e. The maximum absolute atomic E-state index is 13.1. The fraction of sp³-hybridized carbons (Fsp3) is 0.0909. The van der Waals surface area contributed by atoms with E-state index in [2.05, 4.69) is 0 Å². The summed E-state index contributed by atoms with van der Waals surface area (Å²) in [6, 6.07) is 18.5. The Morgan fingerprint density at radius 3 is 2.00 bits per heavy atom. The van der Waals surface area contributed by atoms with Gasteiger partial charge in [0.1, 0.15) is 5.75 Å². The number of methoxy groups -OCH3 is 1. The minimum absolute atomic E-state index is 0.0788. The zero-order chi connectivity index (χ0) is 18.3. The summed E-state index contributed by atoms with van der Waals surface area (Å²) in [7, 11) is 1.63. The van der Waals surface area contributed by atoms with Crippen molar-refractivity contribution in [2.45, 2.75) is 16.7 Å². The van der Waals surface area contributed by atoms with Gasteiger partial charge in [0.25, 0.3) is 0 Å². The van der Waals surface area contributed by atoms with Crippen LogP contribution in [0.1, 0.15) is 37.4 Å². The molecule has 0 bridgehead atoms. The maximum Gasteiger partial charge on any atom is 0.195 e. The van der Waals surface area contributed by atoms with Crippen LogP contribution in [0.5, 0.6) is 5.75 Å². The van der Waals surface area contributed by atoms with Crippen LogP contribution >= 0.6 is 11.8 Å². The second-order valence-corrected chi connectivity index (χ2v) is 7.23. The Labute approximate surface area is 156 Å². The molecule has 0 fully saturated rings. The van der Waals surface area contributed by atoms with Gasteiger partial charge in [-0.3, -0.25) is 9.59 Å². The van der Waals surface area contributed by atoms with E-state index < -0.39 is 0 Å². The number of benzene rings is 3. The number of rotatable bonds is 3. The van der Waals surface area contributed by atoms with E-state index in [1.807, 2.05) is 43.3 Å². The van der Waals surface area contributed by atoms with Crippen molar-refractivity contribution in [3.63, 3.8) is 0 Å². The third-order valence-electron chi connectivity index (χ3n) is 4.53. The molecule has 4 rings (SSSR count). The predicted octanol–water partition coefficient (Wildman–Crippen LogP) is 4.93. The zero-order valence-corrected chi connectivity index (χ0v) is 15.2. The topological polar surface area (TPSA) is 43.4 Å². The molecule has 0 saturated carbocycles. The highest BCUT2D eigenvalue weighted by atomic mass is 32.2. The number of hydrogen-bond acceptors (Lipinski definition) is 4. The van der Waals surface area contributed by atoms with E-state index in [1.165, 1.54) is 11.8 Å². The Kier molecular flexibility index (Phi) is 4.13. The molecular weight excluding hydrogens is 344 g/mol. The summed E-state index contributed by atoms with van der Waals surface area (Å²) >= 11 is 1.48. The standard InChI is InChI=1S/C22H16O3S/c1-13-7-12-18(26-15-10-8-14(25-2)9-11-15)20-19(13)21(23)16-5-3-4-6-17(16)22(20)24/h3-12H,1-2H3. The molecule has 0 aromatic heterocycles. The summed E-state index contributed by atoms with van der Waals surface area (Å²) in [6.45, 7) is 1.87. The van der Waals surface area contributed by atoms with Crippen molar-refractivity contribution < 1.29 is 14.3 Å². The lowest BCUT2D eigenvalue weighted by Gasteiger charge is -2.21. The Balaban J connectivity index is 1.83. The van der Waals surface area contributed by atoms with Gasteiger partial charge in [-0.05, 0) is 42.8 Å². The highest BCUT2D eigenvalue weighted by Crippen LogP contribution is 2.38. The van der Waals surface area contributed by atoms with E-state index in [9.17, 15) is 9.59 Å². The molecular formula is C22H16O3S. The number of aryl methyl sites for hydroxylation is 1. The van der Waals surface area contributed by atoms with Crippen LogP contribution in [0.15, 0.2) is 70.5 Å². The first-order valence-electron chi connectivity index (χ1n) is 8.24. The number of carbonyl (C=O) groups excluding carboxylic acids is 2. The maximum atomic E-state index is 13.1. The first-order chi connectivity index (χ1) is 12.6. The van der Waals surface area contributed by atoms with Crippen LogP contribution in [-0.2, 0) is 0 Å². The van der Waals surface area contributed by atoms with E-state index in [0.717, 1.165) is 21.1 Å². The summed E-state index contributed by atoms with van der Waals surface area (Å²) in [5, 5.41) is 0. The Morgan fingerprint density at radius 2 is 1.38 bits per heavy atom. The molecule has 0 radical (unpaired) electrons. The summed E-state index contributed by atoms with van der Waals surface area (Å²) in [4.78, 5) is 27.9. The third kappa shape index (κ3) is 2.63. The van der Waals surface area contributed by atoms with Crippen molar-refractivity contribution in [2.75, 3.05) is 7.11 Å². The van der Waals surface area contributed by atoms with Crippen LogP contribution in [0, 0.1) is 6.92 Å². The van der Waals surface area contributed by atoms with Crippen molar-refractivity contribution in [1.82, 2.24) is 0 Å². The highest BCUT2D eigenvalue weighted by Gasteiger charge is 2.32. The molecule has 4 heteroatoms. The molecule has 0 aliphatic heterocycles. The first kappa shape index (κ1) is 16.6. The van der Waals surface area contributed by atoms with Gasteiger partial charge in [0.15, 0.2) is 11.6 Å². The van der Waals surface area contributed by atoms with Crippen LogP contribution in [0.25, 0.3) is 0 Å². The van der Waals surface area contributed by atoms with Crippen molar-refractivity contribution >= 4 is 23.3 Å². The van der Waals surface area contributed by atoms with Gasteiger partial charge in [-0.1, -0.05) is 42.1 Å².